The third kappa shape index (κ3) is 9.74. The Hall–Kier alpha value is -3.52. The minimum absolute atomic E-state index is 0.00789. The molecule has 0 spiro atoms. The fraction of sp³-hybridized carbons (Fsp3) is 0.467. The molecule has 1 aliphatic heterocycles. The van der Waals surface area contributed by atoms with Crippen LogP contribution in [-0.2, 0) is 27.2 Å². The third-order valence-corrected chi connectivity index (χ3v) is 6.68. The monoisotopic (exact) mass is 525 g/mol. The smallest absolute Gasteiger partial charge is 0.409 e. The first-order chi connectivity index (χ1) is 18.4. The molecule has 4 rings (SSSR count). The minimum Gasteiger partial charge on any atom is -0.450 e. The van der Waals surface area contributed by atoms with Crippen LogP contribution in [0.15, 0.2) is 36.4 Å². The van der Waals surface area contributed by atoms with Gasteiger partial charge in [0, 0.05) is 30.4 Å². The second kappa shape index (κ2) is 17.9. The van der Waals surface area contributed by atoms with Crippen molar-refractivity contribution in [2.75, 3.05) is 32.1 Å². The molecule has 0 atom stereocenters. The summed E-state index contributed by atoms with van der Waals surface area (Å²) in [5.41, 5.74) is 6.71. The highest BCUT2D eigenvalue weighted by Crippen LogP contribution is 2.30. The first-order valence-electron chi connectivity index (χ1n) is 13.1. The molecule has 2 aromatic carbocycles. The summed E-state index contributed by atoms with van der Waals surface area (Å²) in [7, 11) is 1.96. The molecular weight excluding hydrogens is 482 g/mol. The minimum atomic E-state index is -0.169. The van der Waals surface area contributed by atoms with Crippen molar-refractivity contribution in [3.8, 4) is 0 Å². The van der Waals surface area contributed by atoms with Gasteiger partial charge >= 0.3 is 6.09 Å². The summed E-state index contributed by atoms with van der Waals surface area (Å²) in [5.74, 6) is -0.00789. The molecule has 0 aromatic heterocycles. The van der Waals surface area contributed by atoms with Crippen LogP contribution < -0.4 is 10.6 Å². The number of amides is 2. The van der Waals surface area contributed by atoms with Crippen molar-refractivity contribution < 1.29 is 23.9 Å². The van der Waals surface area contributed by atoms with E-state index in [-0.39, 0.29) is 12.0 Å². The van der Waals surface area contributed by atoms with Crippen LogP contribution >= 0.6 is 0 Å². The van der Waals surface area contributed by atoms with Gasteiger partial charge in [0.15, 0.2) is 0 Å². The van der Waals surface area contributed by atoms with Gasteiger partial charge in [-0.05, 0) is 101 Å². The molecule has 8 heteroatoms. The van der Waals surface area contributed by atoms with E-state index in [1.165, 1.54) is 29.5 Å². The number of benzene rings is 2. The Morgan fingerprint density at radius 2 is 1.63 bits per heavy atom. The van der Waals surface area contributed by atoms with Crippen LogP contribution in [0, 0.1) is 13.8 Å². The highest BCUT2D eigenvalue weighted by Gasteiger charge is 2.22. The third-order valence-electron chi connectivity index (χ3n) is 6.68. The van der Waals surface area contributed by atoms with Crippen molar-refractivity contribution in [2.45, 2.75) is 65.3 Å². The van der Waals surface area contributed by atoms with E-state index in [1.54, 1.807) is 4.90 Å². The lowest BCUT2D eigenvalue weighted by Gasteiger charge is -2.30. The lowest BCUT2D eigenvalue weighted by Crippen LogP contribution is -2.44. The molecule has 0 bridgehead atoms. The van der Waals surface area contributed by atoms with Crippen LogP contribution in [0.5, 0.6) is 0 Å². The molecular formula is C30H43N3O5. The zero-order valence-electron chi connectivity index (χ0n) is 23.3. The van der Waals surface area contributed by atoms with Gasteiger partial charge in [-0.25, -0.2) is 4.79 Å². The number of hydrogen-bond acceptors (Lipinski definition) is 6. The molecule has 2 N–H and O–H groups in total. The quantitative estimate of drug-likeness (QED) is 0.589. The van der Waals surface area contributed by atoms with Crippen LogP contribution in [0.3, 0.4) is 0 Å². The molecule has 0 saturated carbocycles. The van der Waals surface area contributed by atoms with E-state index in [9.17, 15) is 9.59 Å². The Kier molecular flexibility index (Phi) is 15.3. The Morgan fingerprint density at radius 1 is 1.00 bits per heavy atom. The number of carbonyl (C=O) groups is 4. The first-order valence-corrected chi connectivity index (χ1v) is 13.1. The van der Waals surface area contributed by atoms with E-state index in [4.69, 9.17) is 14.3 Å². The van der Waals surface area contributed by atoms with Gasteiger partial charge in [-0.1, -0.05) is 24.3 Å². The van der Waals surface area contributed by atoms with Crippen LogP contribution in [0.25, 0.3) is 0 Å². The zero-order chi connectivity index (χ0) is 28.5. The number of nitrogens with one attached hydrogen (secondary N) is 2. The summed E-state index contributed by atoms with van der Waals surface area (Å²) in [6.07, 6.45) is 6.54. The Labute approximate surface area is 227 Å². The molecule has 1 saturated heterocycles. The Bertz CT molecular complexity index is 1020. The molecule has 1 fully saturated rings. The average molecular weight is 526 g/mol. The molecule has 1 aliphatic carbocycles. The van der Waals surface area contributed by atoms with Gasteiger partial charge in [-0.2, -0.15) is 0 Å². The lowest BCUT2D eigenvalue weighted by molar-refractivity contribution is -0.0987. The van der Waals surface area contributed by atoms with E-state index in [0.29, 0.717) is 12.6 Å². The largest absolute Gasteiger partial charge is 0.450 e. The SMILES string of the molecule is C=O.C=O.CCOC(=O)N1CCC(NC)CC1.Cc1cc2c(c(NC(=O)c3ccccc3C)c1)CCCC2. The van der Waals surface area contributed by atoms with E-state index in [0.717, 1.165) is 55.6 Å². The zero-order valence-corrected chi connectivity index (χ0v) is 23.3. The standard InChI is InChI=1S/C19H21NO.C9H18N2O2.2CH2O/c1-13-11-15-8-4-6-10-17(15)18(12-13)20-19(21)16-9-5-3-7-14(16)2;1-3-13-9(12)11-6-4-8(10-2)5-7-11;2*1-2/h3,5,7,9,11-12H,4,6,8,10H2,1-2H3,(H,20,21);8,10H,3-7H2,1-2H3;2*1H2. The number of hydrogen-bond donors (Lipinski definition) is 2. The normalized spacial score (nSPS) is 14.2. The van der Waals surface area contributed by atoms with Gasteiger partial charge in [-0.3, -0.25) is 4.79 Å². The average Bonchev–Trinajstić information content (AvgIpc) is 2.96. The number of nitrogens with zero attached hydrogens (tertiary/aromatic N) is 1. The van der Waals surface area contributed by atoms with Crippen LogP contribution in [0.1, 0.15) is 65.2 Å². The molecule has 2 aliphatic rings. The van der Waals surface area contributed by atoms with Crippen molar-refractivity contribution in [1.82, 2.24) is 10.2 Å². The van der Waals surface area contributed by atoms with Crippen LogP contribution in [0.2, 0.25) is 0 Å². The molecule has 2 amide bonds. The number of anilines is 1. The van der Waals surface area contributed by atoms with Crippen LogP contribution in [-0.4, -0.2) is 63.3 Å². The maximum absolute atomic E-state index is 12.5. The van der Waals surface area contributed by atoms with Gasteiger partial charge in [0.2, 0.25) is 0 Å². The predicted octanol–water partition coefficient (Wildman–Crippen LogP) is 4.89. The molecule has 208 valence electrons. The molecule has 1 heterocycles. The van der Waals surface area contributed by atoms with Gasteiger partial charge in [0.25, 0.3) is 5.91 Å². The fourth-order valence-corrected chi connectivity index (χ4v) is 4.72. The van der Waals surface area contributed by atoms with E-state index in [1.807, 2.05) is 58.7 Å². The number of fused-ring (bicyclic) bond motifs is 1. The van der Waals surface area contributed by atoms with Gasteiger partial charge in [0.1, 0.15) is 13.6 Å². The van der Waals surface area contributed by atoms with E-state index < -0.39 is 0 Å². The summed E-state index contributed by atoms with van der Waals surface area (Å²) < 4.78 is 4.92. The number of ether oxygens (including phenoxy) is 1. The van der Waals surface area contributed by atoms with Gasteiger partial charge in [-0.15, -0.1) is 0 Å². The van der Waals surface area contributed by atoms with Crippen molar-refractivity contribution >= 4 is 31.3 Å². The molecule has 8 nitrogen and oxygen atoms in total. The summed E-state index contributed by atoms with van der Waals surface area (Å²) in [6.45, 7) is 12.0. The predicted molar refractivity (Wildman–Crippen MR) is 152 cm³/mol. The summed E-state index contributed by atoms with van der Waals surface area (Å²) in [4.78, 5) is 41.6. The number of piperidine rings is 1. The number of likely N-dealkylation sites (tertiary alicyclic amines) is 1. The topological polar surface area (TPSA) is 105 Å². The molecule has 38 heavy (non-hydrogen) atoms. The number of rotatable bonds is 4. The number of aryl methyl sites for hydroxylation is 3. The summed E-state index contributed by atoms with van der Waals surface area (Å²) in [6, 6.07) is 12.6. The van der Waals surface area contributed by atoms with E-state index in [2.05, 4.69) is 29.7 Å². The van der Waals surface area contributed by atoms with Gasteiger partial charge in [0.05, 0.1) is 6.61 Å². The Balaban J connectivity index is 0.000000366. The second-order valence-electron chi connectivity index (χ2n) is 9.18. The number of carbonyl (C=O) groups excluding carboxylic acids is 4. The maximum atomic E-state index is 12.5. The van der Waals surface area contributed by atoms with E-state index >= 15 is 0 Å². The maximum Gasteiger partial charge on any atom is 0.409 e. The lowest BCUT2D eigenvalue weighted by atomic mass is 9.89. The van der Waals surface area contributed by atoms with Crippen molar-refractivity contribution in [2.24, 2.45) is 0 Å². The molecule has 0 unspecified atom stereocenters. The van der Waals surface area contributed by atoms with Crippen molar-refractivity contribution in [3.63, 3.8) is 0 Å². The fourth-order valence-electron chi connectivity index (χ4n) is 4.72. The van der Waals surface area contributed by atoms with Crippen molar-refractivity contribution in [3.05, 3.63) is 64.2 Å². The van der Waals surface area contributed by atoms with Crippen LogP contribution in [0.4, 0.5) is 10.5 Å². The molecule has 2 aromatic rings. The van der Waals surface area contributed by atoms with Crippen molar-refractivity contribution in [1.29, 1.82) is 0 Å². The summed E-state index contributed by atoms with van der Waals surface area (Å²) >= 11 is 0. The highest BCUT2D eigenvalue weighted by atomic mass is 16.6. The Morgan fingerprint density at radius 3 is 2.24 bits per heavy atom. The molecule has 0 radical (unpaired) electrons. The summed E-state index contributed by atoms with van der Waals surface area (Å²) in [5, 5.41) is 6.35. The highest BCUT2D eigenvalue weighted by molar-refractivity contribution is 6.05. The van der Waals surface area contributed by atoms with Gasteiger partial charge < -0.3 is 29.9 Å². The first kappa shape index (κ1) is 32.5. The second-order valence-corrected chi connectivity index (χ2v) is 9.18.